The summed E-state index contributed by atoms with van der Waals surface area (Å²) in [6, 6.07) is 8.47. The van der Waals surface area contributed by atoms with Crippen molar-refractivity contribution in [2.75, 3.05) is 23.8 Å². The summed E-state index contributed by atoms with van der Waals surface area (Å²) in [5.41, 5.74) is 7.72. The summed E-state index contributed by atoms with van der Waals surface area (Å²) in [4.78, 5) is 2.37. The maximum absolute atomic E-state index is 5.67. The van der Waals surface area contributed by atoms with Gasteiger partial charge in [0.05, 0.1) is 12.7 Å². The van der Waals surface area contributed by atoms with Crippen LogP contribution in [0.15, 0.2) is 24.3 Å². The smallest absolute Gasteiger partial charge is 0.0723 e. The van der Waals surface area contributed by atoms with E-state index in [4.69, 9.17) is 10.5 Å². The van der Waals surface area contributed by atoms with Crippen molar-refractivity contribution in [3.8, 4) is 0 Å². The number of morpholine rings is 1. The summed E-state index contributed by atoms with van der Waals surface area (Å²) < 4.78 is 5.60. The second-order valence-electron chi connectivity index (χ2n) is 4.24. The molecule has 3 nitrogen and oxygen atoms in total. The first-order valence-electron chi connectivity index (χ1n) is 5.40. The summed E-state index contributed by atoms with van der Waals surface area (Å²) in [5, 5.41) is 0. The molecule has 2 rings (SSSR count). The Morgan fingerprint density at radius 2 is 1.93 bits per heavy atom. The number of nitrogens with zero attached hydrogens (tertiary/aromatic N) is 1. The molecule has 1 saturated heterocycles. The molecule has 2 N–H and O–H groups in total. The van der Waals surface area contributed by atoms with E-state index in [9.17, 15) is 0 Å². The third-order valence-corrected chi connectivity index (χ3v) is 2.83. The fourth-order valence-corrected chi connectivity index (χ4v) is 1.93. The van der Waals surface area contributed by atoms with Crippen molar-refractivity contribution in [2.45, 2.75) is 26.0 Å². The van der Waals surface area contributed by atoms with Crippen molar-refractivity contribution in [3.05, 3.63) is 24.3 Å². The van der Waals surface area contributed by atoms with Crippen LogP contribution in [0.1, 0.15) is 13.8 Å². The van der Waals surface area contributed by atoms with Gasteiger partial charge < -0.3 is 15.4 Å². The Bertz CT molecular complexity index is 323. The highest BCUT2D eigenvalue weighted by Crippen LogP contribution is 2.22. The maximum atomic E-state index is 5.67. The Kier molecular flexibility index (Phi) is 2.82. The lowest BCUT2D eigenvalue weighted by molar-refractivity contribution is 0.0344. The summed E-state index contributed by atoms with van der Waals surface area (Å²) in [7, 11) is 0. The van der Waals surface area contributed by atoms with Crippen molar-refractivity contribution in [1.29, 1.82) is 0 Å². The monoisotopic (exact) mass is 206 g/mol. The molecule has 0 spiro atoms. The lowest BCUT2D eigenvalue weighted by Gasteiger charge is -2.38. The Morgan fingerprint density at radius 3 is 2.60 bits per heavy atom. The van der Waals surface area contributed by atoms with Gasteiger partial charge in [-0.1, -0.05) is 0 Å². The number of ether oxygens (including phenoxy) is 1. The Morgan fingerprint density at radius 1 is 1.27 bits per heavy atom. The number of hydrogen-bond acceptors (Lipinski definition) is 3. The quantitative estimate of drug-likeness (QED) is 0.713. The van der Waals surface area contributed by atoms with E-state index in [2.05, 4.69) is 30.9 Å². The van der Waals surface area contributed by atoms with Gasteiger partial charge in [0.1, 0.15) is 0 Å². The average molecular weight is 206 g/mol. The minimum atomic E-state index is 0.304. The highest BCUT2D eigenvalue weighted by atomic mass is 16.5. The molecule has 1 heterocycles. The zero-order chi connectivity index (χ0) is 10.8. The molecule has 1 aromatic carbocycles. The molecule has 2 atom stereocenters. The Hall–Kier alpha value is -1.22. The SMILES string of the molecule is CC1CN(c2ccc(N)cc2)C(C)CO1. The second kappa shape index (κ2) is 4.11. The van der Waals surface area contributed by atoms with Crippen LogP contribution in [-0.4, -0.2) is 25.3 Å². The molecular formula is C12H18N2O. The standard InChI is InChI=1S/C12H18N2O/c1-9-8-15-10(2)7-14(9)12-5-3-11(13)4-6-12/h3-6,9-10H,7-8,13H2,1-2H3. The van der Waals surface area contributed by atoms with E-state index in [0.29, 0.717) is 12.1 Å². The van der Waals surface area contributed by atoms with Crippen molar-refractivity contribution in [3.63, 3.8) is 0 Å². The van der Waals surface area contributed by atoms with E-state index in [1.165, 1.54) is 5.69 Å². The van der Waals surface area contributed by atoms with Gasteiger partial charge in [-0.25, -0.2) is 0 Å². The fraction of sp³-hybridized carbons (Fsp3) is 0.500. The lowest BCUT2D eigenvalue weighted by atomic mass is 10.1. The first-order valence-corrected chi connectivity index (χ1v) is 5.40. The topological polar surface area (TPSA) is 38.5 Å². The fourth-order valence-electron chi connectivity index (χ4n) is 1.93. The molecule has 15 heavy (non-hydrogen) atoms. The largest absolute Gasteiger partial charge is 0.399 e. The van der Waals surface area contributed by atoms with Crippen LogP contribution in [0.2, 0.25) is 0 Å². The van der Waals surface area contributed by atoms with Gasteiger partial charge in [-0.15, -0.1) is 0 Å². The van der Waals surface area contributed by atoms with Gasteiger partial charge in [0.15, 0.2) is 0 Å². The second-order valence-corrected chi connectivity index (χ2v) is 4.24. The number of hydrogen-bond donors (Lipinski definition) is 1. The number of rotatable bonds is 1. The molecular weight excluding hydrogens is 188 g/mol. The van der Waals surface area contributed by atoms with E-state index in [1.807, 2.05) is 12.1 Å². The number of anilines is 2. The van der Waals surface area contributed by atoms with Crippen molar-refractivity contribution in [2.24, 2.45) is 0 Å². The molecule has 0 radical (unpaired) electrons. The summed E-state index contributed by atoms with van der Waals surface area (Å²) in [5.74, 6) is 0. The minimum absolute atomic E-state index is 0.304. The van der Waals surface area contributed by atoms with Gasteiger partial charge in [0, 0.05) is 24.0 Å². The predicted octanol–water partition coefficient (Wildman–Crippen LogP) is 1.88. The van der Waals surface area contributed by atoms with Crippen LogP contribution < -0.4 is 10.6 Å². The van der Waals surface area contributed by atoms with E-state index in [1.54, 1.807) is 0 Å². The molecule has 2 unspecified atom stereocenters. The normalized spacial score (nSPS) is 26.7. The van der Waals surface area contributed by atoms with Crippen molar-refractivity contribution >= 4 is 11.4 Å². The number of benzene rings is 1. The van der Waals surface area contributed by atoms with E-state index < -0.39 is 0 Å². The highest BCUT2D eigenvalue weighted by Gasteiger charge is 2.23. The van der Waals surface area contributed by atoms with Crippen LogP contribution in [-0.2, 0) is 4.74 Å². The van der Waals surface area contributed by atoms with Crippen LogP contribution in [0.3, 0.4) is 0 Å². The third-order valence-electron chi connectivity index (χ3n) is 2.83. The van der Waals surface area contributed by atoms with Gasteiger partial charge >= 0.3 is 0 Å². The molecule has 0 saturated carbocycles. The zero-order valence-electron chi connectivity index (χ0n) is 9.31. The summed E-state index contributed by atoms with van der Waals surface area (Å²) in [6.07, 6.45) is 0.304. The number of nitrogens with two attached hydrogens (primary N) is 1. The molecule has 1 fully saturated rings. The molecule has 1 aromatic rings. The number of nitrogen functional groups attached to an aromatic ring is 1. The zero-order valence-corrected chi connectivity index (χ0v) is 9.31. The van der Waals surface area contributed by atoms with E-state index in [0.717, 1.165) is 18.8 Å². The van der Waals surface area contributed by atoms with Gasteiger partial charge in [-0.3, -0.25) is 0 Å². The Balaban J connectivity index is 2.17. The molecule has 1 aliphatic heterocycles. The molecule has 0 amide bonds. The molecule has 0 aliphatic carbocycles. The first-order chi connectivity index (χ1) is 7.16. The summed E-state index contributed by atoms with van der Waals surface area (Å²) in [6.45, 7) is 6.04. The van der Waals surface area contributed by atoms with Gasteiger partial charge in [0.2, 0.25) is 0 Å². The molecule has 0 bridgehead atoms. The van der Waals surface area contributed by atoms with E-state index >= 15 is 0 Å². The molecule has 0 aromatic heterocycles. The predicted molar refractivity (Wildman–Crippen MR) is 63.1 cm³/mol. The molecule has 1 aliphatic rings. The average Bonchev–Trinajstić information content (AvgIpc) is 2.23. The van der Waals surface area contributed by atoms with Gasteiger partial charge in [0.25, 0.3) is 0 Å². The lowest BCUT2D eigenvalue weighted by Crippen LogP contribution is -2.47. The highest BCUT2D eigenvalue weighted by molar-refractivity contribution is 5.54. The maximum Gasteiger partial charge on any atom is 0.0723 e. The van der Waals surface area contributed by atoms with Gasteiger partial charge in [-0.2, -0.15) is 0 Å². The molecule has 82 valence electrons. The van der Waals surface area contributed by atoms with Crippen LogP contribution in [0, 0.1) is 0 Å². The molecule has 3 heteroatoms. The van der Waals surface area contributed by atoms with Crippen LogP contribution in [0.4, 0.5) is 11.4 Å². The summed E-state index contributed by atoms with van der Waals surface area (Å²) >= 11 is 0. The van der Waals surface area contributed by atoms with Crippen molar-refractivity contribution in [1.82, 2.24) is 0 Å². The van der Waals surface area contributed by atoms with Crippen LogP contribution in [0.5, 0.6) is 0 Å². The van der Waals surface area contributed by atoms with E-state index in [-0.39, 0.29) is 0 Å². The van der Waals surface area contributed by atoms with Gasteiger partial charge in [-0.05, 0) is 38.1 Å². The first kappa shape index (κ1) is 10.3. The minimum Gasteiger partial charge on any atom is -0.399 e. The Labute approximate surface area is 90.8 Å². The van der Waals surface area contributed by atoms with Crippen LogP contribution >= 0.6 is 0 Å². The third kappa shape index (κ3) is 2.23. The van der Waals surface area contributed by atoms with Crippen molar-refractivity contribution < 1.29 is 4.74 Å². The van der Waals surface area contributed by atoms with Crippen LogP contribution in [0.25, 0.3) is 0 Å².